The lowest BCUT2D eigenvalue weighted by Crippen LogP contribution is -2.14. The Kier molecular flexibility index (Phi) is 4.90. The molecule has 1 aromatic heterocycles. The van der Waals surface area contributed by atoms with Crippen molar-refractivity contribution in [2.45, 2.75) is 6.42 Å². The lowest BCUT2D eigenvalue weighted by Gasteiger charge is -2.14. The Morgan fingerprint density at radius 2 is 2.18 bits per heavy atom. The minimum Gasteiger partial charge on any atom is -0.453 e. The molecule has 0 atom stereocenters. The molecule has 4 nitrogen and oxygen atoms in total. The van der Waals surface area contributed by atoms with Crippen molar-refractivity contribution in [1.29, 1.82) is 0 Å². The summed E-state index contributed by atoms with van der Waals surface area (Å²) in [5.74, 6) is 2.39. The van der Waals surface area contributed by atoms with Gasteiger partial charge >= 0.3 is 0 Å². The number of rotatable bonds is 0. The minimum atomic E-state index is -0.0794. The Morgan fingerprint density at radius 1 is 1.32 bits per heavy atom. The topological polar surface area (TPSA) is 51.2 Å². The molecule has 3 rings (SSSR count). The maximum absolute atomic E-state index is 12.0. The average molecular weight is 400 g/mol. The van der Waals surface area contributed by atoms with Crippen LogP contribution in [0.15, 0.2) is 34.9 Å². The highest BCUT2D eigenvalue weighted by Crippen LogP contribution is 2.34. The third-order valence-corrected chi connectivity index (χ3v) is 4.76. The zero-order valence-electron chi connectivity index (χ0n) is 11.4. The molecular formula is C15H12BrClN2O2S. The molecule has 0 unspecified atom stereocenters. The Hall–Kier alpha value is -1.24. The number of pyridine rings is 1. The van der Waals surface area contributed by atoms with Gasteiger partial charge in [-0.15, -0.1) is 0 Å². The smallest absolute Gasteiger partial charge is 0.234 e. The van der Waals surface area contributed by atoms with E-state index in [0.717, 1.165) is 28.0 Å². The fourth-order valence-corrected chi connectivity index (χ4v) is 3.42. The molecule has 0 fully saturated rings. The van der Waals surface area contributed by atoms with E-state index in [2.05, 4.69) is 26.2 Å². The summed E-state index contributed by atoms with van der Waals surface area (Å²) in [6.07, 6.45) is 2.35. The van der Waals surface area contributed by atoms with Gasteiger partial charge in [0.05, 0.1) is 17.6 Å². The molecule has 1 aliphatic heterocycles. The molecule has 0 bridgehead atoms. The molecule has 1 N–H and O–H groups in total. The summed E-state index contributed by atoms with van der Waals surface area (Å²) in [4.78, 5) is 16.0. The summed E-state index contributed by atoms with van der Waals surface area (Å²) >= 11 is 11.0. The van der Waals surface area contributed by atoms with E-state index in [1.165, 1.54) is 6.20 Å². The molecule has 7 heteroatoms. The van der Waals surface area contributed by atoms with Crippen molar-refractivity contribution in [2.24, 2.45) is 0 Å². The van der Waals surface area contributed by atoms with Crippen LogP contribution in [0.3, 0.4) is 0 Å². The summed E-state index contributed by atoms with van der Waals surface area (Å²) in [6.45, 7) is 0. The second-order valence-corrected chi connectivity index (χ2v) is 7.12. The van der Waals surface area contributed by atoms with Crippen molar-refractivity contribution in [2.75, 3.05) is 16.8 Å². The van der Waals surface area contributed by atoms with Gasteiger partial charge in [0, 0.05) is 10.5 Å². The SMILES string of the molecule is O=C1CSCCc2cc(Br)ccc2Oc2cnc(Cl)cc2N1. The largest absolute Gasteiger partial charge is 0.453 e. The number of benzene rings is 1. The summed E-state index contributed by atoms with van der Waals surface area (Å²) in [5, 5.41) is 3.13. The summed E-state index contributed by atoms with van der Waals surface area (Å²) in [7, 11) is 0. The number of halogens is 2. The molecule has 22 heavy (non-hydrogen) atoms. The van der Waals surface area contributed by atoms with Crippen molar-refractivity contribution in [3.63, 3.8) is 0 Å². The molecule has 1 amide bonds. The van der Waals surface area contributed by atoms with Crippen LogP contribution >= 0.6 is 39.3 Å². The fraction of sp³-hybridized carbons (Fsp3) is 0.200. The monoisotopic (exact) mass is 398 g/mol. The van der Waals surface area contributed by atoms with Crippen LogP contribution in [0.2, 0.25) is 5.15 Å². The number of hydrogen-bond acceptors (Lipinski definition) is 4. The van der Waals surface area contributed by atoms with E-state index < -0.39 is 0 Å². The number of fused-ring (bicyclic) bond motifs is 2. The normalized spacial score (nSPS) is 14.9. The van der Waals surface area contributed by atoms with Gasteiger partial charge < -0.3 is 10.1 Å². The fourth-order valence-electron chi connectivity index (χ4n) is 2.09. The number of thioether (sulfide) groups is 1. The maximum Gasteiger partial charge on any atom is 0.234 e. The zero-order chi connectivity index (χ0) is 15.5. The van der Waals surface area contributed by atoms with E-state index in [-0.39, 0.29) is 5.91 Å². The van der Waals surface area contributed by atoms with Gasteiger partial charge in [-0.05, 0) is 35.9 Å². The molecule has 0 saturated carbocycles. The number of ether oxygens (including phenoxy) is 1. The standard InChI is InChI=1S/C15H12BrClN2O2S/c16-10-1-2-12-9(5-10)3-4-22-8-15(20)19-11-6-14(17)18-7-13(11)21-12/h1-2,5-7H,3-4,8H2,(H,19,20). The number of nitrogens with zero attached hydrogens (tertiary/aromatic N) is 1. The molecule has 1 aromatic carbocycles. The predicted molar refractivity (Wildman–Crippen MR) is 93.1 cm³/mol. The second kappa shape index (κ2) is 6.89. The lowest BCUT2D eigenvalue weighted by atomic mass is 10.1. The number of aryl methyl sites for hydroxylation is 1. The van der Waals surface area contributed by atoms with Crippen molar-refractivity contribution in [1.82, 2.24) is 4.98 Å². The van der Waals surface area contributed by atoms with Crippen LogP contribution < -0.4 is 10.1 Å². The summed E-state index contributed by atoms with van der Waals surface area (Å²) in [6, 6.07) is 7.46. The number of carbonyl (C=O) groups excluding carboxylic acids is 1. The van der Waals surface area contributed by atoms with Crippen LogP contribution in [0.4, 0.5) is 5.69 Å². The summed E-state index contributed by atoms with van der Waals surface area (Å²) in [5.41, 5.74) is 1.61. The number of anilines is 1. The zero-order valence-corrected chi connectivity index (χ0v) is 14.6. The van der Waals surface area contributed by atoms with Crippen LogP contribution in [-0.4, -0.2) is 22.4 Å². The average Bonchev–Trinajstić information content (AvgIpc) is 2.50. The third-order valence-electron chi connectivity index (χ3n) is 3.10. The van der Waals surface area contributed by atoms with Gasteiger partial charge in [0.1, 0.15) is 10.9 Å². The molecule has 0 spiro atoms. The Labute approximate surface area is 145 Å². The molecule has 114 valence electrons. The highest BCUT2D eigenvalue weighted by atomic mass is 79.9. The molecule has 0 saturated heterocycles. The minimum absolute atomic E-state index is 0.0794. The second-order valence-electron chi connectivity index (χ2n) is 4.71. The van der Waals surface area contributed by atoms with E-state index in [4.69, 9.17) is 16.3 Å². The van der Waals surface area contributed by atoms with E-state index in [1.54, 1.807) is 17.8 Å². The van der Waals surface area contributed by atoms with Crippen LogP contribution in [0, 0.1) is 0 Å². The van der Waals surface area contributed by atoms with Gasteiger partial charge in [-0.1, -0.05) is 27.5 Å². The number of amides is 1. The van der Waals surface area contributed by atoms with Crippen LogP contribution in [0.25, 0.3) is 0 Å². The molecule has 1 aliphatic rings. The molecule has 0 aliphatic carbocycles. The van der Waals surface area contributed by atoms with Crippen LogP contribution in [-0.2, 0) is 11.2 Å². The number of carbonyl (C=O) groups is 1. The predicted octanol–water partition coefficient (Wildman–Crippen LogP) is 4.52. The van der Waals surface area contributed by atoms with E-state index in [9.17, 15) is 4.79 Å². The maximum atomic E-state index is 12.0. The summed E-state index contributed by atoms with van der Waals surface area (Å²) < 4.78 is 6.96. The van der Waals surface area contributed by atoms with Crippen LogP contribution in [0.1, 0.15) is 5.56 Å². The van der Waals surface area contributed by atoms with Gasteiger partial charge in [0.15, 0.2) is 5.75 Å². The Bertz CT molecular complexity index is 727. The quantitative estimate of drug-likeness (QED) is 0.662. The number of aromatic nitrogens is 1. The lowest BCUT2D eigenvalue weighted by molar-refractivity contribution is -0.113. The van der Waals surface area contributed by atoms with Gasteiger partial charge in [0.25, 0.3) is 0 Å². The highest BCUT2D eigenvalue weighted by molar-refractivity contribution is 9.10. The first-order chi connectivity index (χ1) is 10.6. The van der Waals surface area contributed by atoms with Gasteiger partial charge in [0.2, 0.25) is 5.91 Å². The molecule has 0 radical (unpaired) electrons. The Morgan fingerprint density at radius 3 is 3.05 bits per heavy atom. The molecule has 2 heterocycles. The van der Waals surface area contributed by atoms with Crippen molar-refractivity contribution in [3.8, 4) is 11.5 Å². The van der Waals surface area contributed by atoms with Gasteiger partial charge in [-0.2, -0.15) is 11.8 Å². The van der Waals surface area contributed by atoms with Crippen molar-refractivity contribution < 1.29 is 9.53 Å². The van der Waals surface area contributed by atoms with Crippen LogP contribution in [0.5, 0.6) is 11.5 Å². The molecule has 2 aromatic rings. The Balaban J connectivity index is 2.04. The van der Waals surface area contributed by atoms with Crippen molar-refractivity contribution in [3.05, 3.63) is 45.7 Å². The van der Waals surface area contributed by atoms with E-state index in [0.29, 0.717) is 22.3 Å². The first kappa shape index (κ1) is 15.6. The first-order valence-electron chi connectivity index (χ1n) is 6.61. The van der Waals surface area contributed by atoms with E-state index >= 15 is 0 Å². The highest BCUT2D eigenvalue weighted by Gasteiger charge is 2.15. The molecular weight excluding hydrogens is 388 g/mol. The third kappa shape index (κ3) is 3.74. The number of hydrogen-bond donors (Lipinski definition) is 1. The first-order valence-corrected chi connectivity index (χ1v) is 8.94. The van der Waals surface area contributed by atoms with Gasteiger partial charge in [-0.25, -0.2) is 4.98 Å². The van der Waals surface area contributed by atoms with E-state index in [1.807, 2.05) is 18.2 Å². The van der Waals surface area contributed by atoms with Crippen molar-refractivity contribution >= 4 is 50.9 Å². The number of nitrogens with one attached hydrogen (secondary N) is 1. The van der Waals surface area contributed by atoms with Gasteiger partial charge in [-0.3, -0.25) is 4.79 Å².